The van der Waals surface area contributed by atoms with E-state index < -0.39 is 11.4 Å². The number of benzene rings is 2. The highest BCUT2D eigenvalue weighted by atomic mass is 35.5. The van der Waals surface area contributed by atoms with Crippen molar-refractivity contribution in [2.45, 2.75) is 47.3 Å². The maximum atomic E-state index is 12.2. The molecular formula is C24H27ClN4O3. The van der Waals surface area contributed by atoms with E-state index in [0.717, 1.165) is 11.3 Å². The number of halogens is 1. The second-order valence-corrected chi connectivity index (χ2v) is 9.13. The first-order chi connectivity index (χ1) is 15.0. The summed E-state index contributed by atoms with van der Waals surface area (Å²) in [5, 5.41) is 13.5. The van der Waals surface area contributed by atoms with Gasteiger partial charge in [0.2, 0.25) is 5.91 Å². The molecule has 2 N–H and O–H groups in total. The molecule has 32 heavy (non-hydrogen) atoms. The van der Waals surface area contributed by atoms with Gasteiger partial charge in [0.15, 0.2) is 11.6 Å². The minimum atomic E-state index is -0.486. The van der Waals surface area contributed by atoms with Gasteiger partial charge in [-0.2, -0.15) is 9.97 Å². The lowest BCUT2D eigenvalue weighted by Crippen LogP contribution is -2.34. The van der Waals surface area contributed by atoms with Gasteiger partial charge in [0.05, 0.1) is 11.1 Å². The van der Waals surface area contributed by atoms with E-state index in [-0.39, 0.29) is 17.8 Å². The van der Waals surface area contributed by atoms with Gasteiger partial charge >= 0.3 is 6.01 Å². The maximum absolute atomic E-state index is 12.2. The molecule has 0 saturated heterocycles. The Kier molecular flexibility index (Phi) is 6.99. The third-order valence-corrected chi connectivity index (χ3v) is 4.84. The van der Waals surface area contributed by atoms with Crippen LogP contribution in [0.15, 0.2) is 42.5 Å². The van der Waals surface area contributed by atoms with Crippen LogP contribution in [0.5, 0.6) is 11.8 Å². The largest absolute Gasteiger partial charge is 0.491 e. The highest BCUT2D eigenvalue weighted by molar-refractivity contribution is 6.33. The molecule has 7 nitrogen and oxygen atoms in total. The fourth-order valence-corrected chi connectivity index (χ4v) is 3.07. The Hall–Kier alpha value is -3.19. The van der Waals surface area contributed by atoms with Crippen molar-refractivity contribution in [2.24, 2.45) is 5.41 Å². The summed E-state index contributed by atoms with van der Waals surface area (Å²) >= 11 is 6.40. The summed E-state index contributed by atoms with van der Waals surface area (Å²) < 4.78 is 5.66. The van der Waals surface area contributed by atoms with E-state index in [4.69, 9.17) is 16.3 Å². The van der Waals surface area contributed by atoms with Gasteiger partial charge in [-0.05, 0) is 55.8 Å². The summed E-state index contributed by atoms with van der Waals surface area (Å²) in [6.07, 6.45) is 0.0660. The van der Waals surface area contributed by atoms with Crippen molar-refractivity contribution in [1.82, 2.24) is 20.3 Å². The number of nitrogens with one attached hydrogen (secondary N) is 1. The lowest BCUT2D eigenvalue weighted by atomic mass is 9.95. The minimum Gasteiger partial charge on any atom is -0.491 e. The van der Waals surface area contributed by atoms with Crippen LogP contribution in [0.4, 0.5) is 0 Å². The fraction of sp³-hybridized carbons (Fsp3) is 0.333. The van der Waals surface area contributed by atoms with Crippen molar-refractivity contribution >= 4 is 17.5 Å². The molecule has 0 spiro atoms. The summed E-state index contributed by atoms with van der Waals surface area (Å²) in [5.41, 5.74) is 1.58. The van der Waals surface area contributed by atoms with Gasteiger partial charge in [-0.3, -0.25) is 4.79 Å². The topological polar surface area (TPSA) is 97.2 Å². The van der Waals surface area contributed by atoms with Crippen molar-refractivity contribution in [3.05, 3.63) is 53.1 Å². The molecule has 0 fully saturated rings. The van der Waals surface area contributed by atoms with Crippen LogP contribution in [0, 0.1) is 5.41 Å². The summed E-state index contributed by atoms with van der Waals surface area (Å²) in [4.78, 5) is 24.8. The second kappa shape index (κ2) is 9.53. The van der Waals surface area contributed by atoms with Crippen molar-refractivity contribution in [3.63, 3.8) is 0 Å². The standard InChI is InChI=1S/C24H27ClN4O3/c1-14(2)32-17-9-7-16(8-10-17)20-27-21(29-23(31)28-20)18-12-15(6-11-19(18)25)13-26-22(30)24(3,4)5/h6-12,14H,13H2,1-5H3,(H,26,30)(H,27,28,29,31). The normalized spacial score (nSPS) is 11.5. The molecule has 8 heteroatoms. The molecule has 0 atom stereocenters. The molecule has 0 unspecified atom stereocenters. The van der Waals surface area contributed by atoms with Crippen LogP contribution >= 0.6 is 11.6 Å². The molecular weight excluding hydrogens is 428 g/mol. The Morgan fingerprint density at radius 2 is 1.72 bits per heavy atom. The SMILES string of the molecule is CC(C)Oc1ccc(-c2nc(O)nc(-c3cc(CNC(=O)C(C)(C)C)ccc3Cl)n2)cc1. The Morgan fingerprint density at radius 3 is 2.34 bits per heavy atom. The van der Waals surface area contributed by atoms with Crippen LogP contribution < -0.4 is 10.1 Å². The van der Waals surface area contributed by atoms with Crippen LogP contribution in [-0.4, -0.2) is 32.1 Å². The summed E-state index contributed by atoms with van der Waals surface area (Å²) in [6.45, 7) is 9.80. The molecule has 168 valence electrons. The number of hydrogen-bond acceptors (Lipinski definition) is 6. The number of rotatable bonds is 6. The fourth-order valence-electron chi connectivity index (χ4n) is 2.87. The van der Waals surface area contributed by atoms with Crippen molar-refractivity contribution in [3.8, 4) is 34.5 Å². The van der Waals surface area contributed by atoms with Crippen LogP contribution in [0.25, 0.3) is 22.8 Å². The molecule has 0 aliphatic heterocycles. The molecule has 0 aliphatic carbocycles. The van der Waals surface area contributed by atoms with E-state index in [9.17, 15) is 9.90 Å². The predicted octanol–water partition coefficient (Wildman–Crippen LogP) is 5.01. The number of nitrogens with zero attached hydrogens (tertiary/aromatic N) is 3. The Morgan fingerprint density at radius 1 is 1.06 bits per heavy atom. The highest BCUT2D eigenvalue weighted by Crippen LogP contribution is 2.29. The molecule has 1 aromatic heterocycles. The number of aromatic hydroxyl groups is 1. The smallest absolute Gasteiger partial charge is 0.318 e. The quantitative estimate of drug-likeness (QED) is 0.543. The van der Waals surface area contributed by atoms with E-state index in [1.165, 1.54) is 0 Å². The number of amides is 1. The van der Waals surface area contributed by atoms with Gasteiger partial charge in [0.25, 0.3) is 0 Å². The number of carbonyl (C=O) groups is 1. The monoisotopic (exact) mass is 454 g/mol. The highest BCUT2D eigenvalue weighted by Gasteiger charge is 2.21. The first-order valence-corrected chi connectivity index (χ1v) is 10.7. The van der Waals surface area contributed by atoms with E-state index in [1.807, 2.05) is 65.0 Å². The number of carbonyl (C=O) groups excluding carboxylic acids is 1. The first-order valence-electron chi connectivity index (χ1n) is 10.3. The average Bonchev–Trinajstić information content (AvgIpc) is 2.72. The predicted molar refractivity (Wildman–Crippen MR) is 124 cm³/mol. The summed E-state index contributed by atoms with van der Waals surface area (Å²) in [6, 6.07) is 12.2. The zero-order valence-electron chi connectivity index (χ0n) is 18.8. The number of aromatic nitrogens is 3. The number of ether oxygens (including phenoxy) is 1. The average molecular weight is 455 g/mol. The van der Waals surface area contributed by atoms with Crippen LogP contribution in [0.3, 0.4) is 0 Å². The third kappa shape index (κ3) is 5.95. The molecule has 1 amide bonds. The molecule has 1 heterocycles. The zero-order chi connectivity index (χ0) is 23.5. The van der Waals surface area contributed by atoms with E-state index in [0.29, 0.717) is 28.5 Å². The number of hydrogen-bond donors (Lipinski definition) is 2. The summed E-state index contributed by atoms with van der Waals surface area (Å²) in [5.74, 6) is 1.23. The van der Waals surface area contributed by atoms with Gasteiger partial charge in [0, 0.05) is 23.1 Å². The van der Waals surface area contributed by atoms with Crippen LogP contribution in [0.2, 0.25) is 5.02 Å². The molecule has 2 aromatic carbocycles. The van der Waals surface area contributed by atoms with E-state index in [1.54, 1.807) is 12.1 Å². The van der Waals surface area contributed by atoms with E-state index in [2.05, 4.69) is 20.3 Å². The van der Waals surface area contributed by atoms with Gasteiger partial charge < -0.3 is 15.2 Å². The second-order valence-electron chi connectivity index (χ2n) is 8.72. The van der Waals surface area contributed by atoms with Gasteiger partial charge in [0.1, 0.15) is 5.75 Å². The molecule has 0 aliphatic rings. The first kappa shape index (κ1) is 23.5. The lowest BCUT2D eigenvalue weighted by molar-refractivity contribution is -0.128. The molecule has 3 rings (SSSR count). The zero-order valence-corrected chi connectivity index (χ0v) is 19.6. The van der Waals surface area contributed by atoms with E-state index >= 15 is 0 Å². The van der Waals surface area contributed by atoms with Gasteiger partial charge in [-0.25, -0.2) is 4.98 Å². The Bertz CT molecular complexity index is 1110. The van der Waals surface area contributed by atoms with Gasteiger partial charge in [-0.15, -0.1) is 0 Å². The van der Waals surface area contributed by atoms with Crippen LogP contribution in [-0.2, 0) is 11.3 Å². The van der Waals surface area contributed by atoms with Crippen LogP contribution in [0.1, 0.15) is 40.2 Å². The maximum Gasteiger partial charge on any atom is 0.318 e. The minimum absolute atomic E-state index is 0.0565. The molecule has 0 saturated carbocycles. The van der Waals surface area contributed by atoms with Gasteiger partial charge in [-0.1, -0.05) is 38.4 Å². The van der Waals surface area contributed by atoms with Crippen molar-refractivity contribution in [1.29, 1.82) is 0 Å². The Balaban J connectivity index is 1.90. The molecule has 3 aromatic rings. The lowest BCUT2D eigenvalue weighted by Gasteiger charge is -2.18. The molecule has 0 bridgehead atoms. The molecule has 0 radical (unpaired) electrons. The Labute approximate surface area is 192 Å². The third-order valence-electron chi connectivity index (χ3n) is 4.51. The van der Waals surface area contributed by atoms with Crippen molar-refractivity contribution in [2.75, 3.05) is 0 Å². The summed E-state index contributed by atoms with van der Waals surface area (Å²) in [7, 11) is 0. The van der Waals surface area contributed by atoms with Crippen molar-refractivity contribution < 1.29 is 14.6 Å².